The first-order valence-corrected chi connectivity index (χ1v) is 26.7. The van der Waals surface area contributed by atoms with Crippen LogP contribution in [0.5, 0.6) is 11.5 Å². The number of aryl methyl sites for hydroxylation is 2. The van der Waals surface area contributed by atoms with Crippen molar-refractivity contribution in [1.29, 1.82) is 0 Å². The van der Waals surface area contributed by atoms with Crippen LogP contribution in [0.1, 0.15) is 221 Å². The summed E-state index contributed by atoms with van der Waals surface area (Å²) in [7, 11) is 0. The van der Waals surface area contributed by atoms with Crippen molar-refractivity contribution in [3.8, 4) is 35.2 Å². The second-order valence-electron chi connectivity index (χ2n) is 19.3. The predicted molar refractivity (Wildman–Crippen MR) is 279 cm³/mol. The standard InChI is InChI=1S/C32H44O.C31H42O/c1-3-5-6-7-8-9-10-26-33-32-24-22-31(23-25-32)30-20-18-29(19-21-30)17-16-28-14-12-27(11-4-2)13-15-28;1-3-5-6-7-8-9-25-32-31-23-21-30(22-24-31)29-19-17-28(18-20-29)16-15-27-13-11-26(10-4-2)12-14-27/h12-15,22-25,29-30H,3-11,18-21,26H2,1-2H3;11-14,21-24,28-29H,3-10,17-20,25H2,1-2H3. The summed E-state index contributed by atoms with van der Waals surface area (Å²) in [6.07, 6.45) is 31.6. The van der Waals surface area contributed by atoms with E-state index in [4.69, 9.17) is 9.47 Å². The van der Waals surface area contributed by atoms with Crippen molar-refractivity contribution in [3.05, 3.63) is 130 Å². The minimum absolute atomic E-state index is 0.543. The van der Waals surface area contributed by atoms with Gasteiger partial charge in [0.15, 0.2) is 0 Å². The Hall–Kier alpha value is -4.40. The number of hydrogen-bond donors (Lipinski definition) is 0. The Morgan fingerprint density at radius 3 is 1.05 bits per heavy atom. The van der Waals surface area contributed by atoms with Crippen LogP contribution in [0.15, 0.2) is 97.1 Å². The van der Waals surface area contributed by atoms with Crippen molar-refractivity contribution in [1.82, 2.24) is 0 Å². The van der Waals surface area contributed by atoms with E-state index in [0.29, 0.717) is 23.7 Å². The van der Waals surface area contributed by atoms with Crippen LogP contribution in [0.2, 0.25) is 0 Å². The Kier molecular flexibility index (Phi) is 25.0. The molecule has 0 saturated heterocycles. The lowest BCUT2D eigenvalue weighted by Gasteiger charge is -2.26. The number of benzene rings is 4. The lowest BCUT2D eigenvalue weighted by molar-refractivity contribution is 0.304. The highest BCUT2D eigenvalue weighted by molar-refractivity contribution is 5.38. The van der Waals surface area contributed by atoms with Gasteiger partial charge in [-0.1, -0.05) is 183 Å². The van der Waals surface area contributed by atoms with Crippen molar-refractivity contribution in [2.24, 2.45) is 11.8 Å². The molecule has 65 heavy (non-hydrogen) atoms. The predicted octanol–water partition coefficient (Wildman–Crippen LogP) is 17.8. The molecule has 0 N–H and O–H groups in total. The molecule has 0 aromatic heterocycles. The highest BCUT2D eigenvalue weighted by Gasteiger charge is 2.22. The fraction of sp³-hybridized carbons (Fsp3) is 0.556. The summed E-state index contributed by atoms with van der Waals surface area (Å²) in [6, 6.07) is 35.5. The van der Waals surface area contributed by atoms with Crippen LogP contribution in [0.3, 0.4) is 0 Å². The van der Waals surface area contributed by atoms with Gasteiger partial charge in [0, 0.05) is 23.0 Å². The molecule has 4 aromatic rings. The molecule has 0 atom stereocenters. The van der Waals surface area contributed by atoms with Crippen molar-refractivity contribution < 1.29 is 9.47 Å². The van der Waals surface area contributed by atoms with E-state index in [1.807, 2.05) is 0 Å². The maximum absolute atomic E-state index is 5.97. The summed E-state index contributed by atoms with van der Waals surface area (Å²) >= 11 is 0. The normalized spacial score (nSPS) is 18.0. The highest BCUT2D eigenvalue weighted by Crippen LogP contribution is 2.37. The minimum atomic E-state index is 0.543. The summed E-state index contributed by atoms with van der Waals surface area (Å²) in [5.74, 6) is 18.4. The summed E-state index contributed by atoms with van der Waals surface area (Å²) < 4.78 is 11.9. The van der Waals surface area contributed by atoms with Crippen molar-refractivity contribution in [2.45, 2.75) is 200 Å². The van der Waals surface area contributed by atoms with Gasteiger partial charge in [-0.2, -0.15) is 0 Å². The second kappa shape index (κ2) is 31.5. The Bertz CT molecular complexity index is 1930. The molecule has 2 aliphatic carbocycles. The van der Waals surface area contributed by atoms with Crippen LogP contribution in [0.4, 0.5) is 0 Å². The van der Waals surface area contributed by atoms with E-state index in [2.05, 4.69) is 148 Å². The molecule has 0 amide bonds. The number of hydrogen-bond acceptors (Lipinski definition) is 2. The van der Waals surface area contributed by atoms with Crippen LogP contribution < -0.4 is 9.47 Å². The lowest BCUT2D eigenvalue weighted by atomic mass is 9.79. The molecular weight excluding hydrogens is 789 g/mol. The molecule has 2 nitrogen and oxygen atoms in total. The van der Waals surface area contributed by atoms with Crippen molar-refractivity contribution in [3.63, 3.8) is 0 Å². The van der Waals surface area contributed by atoms with Gasteiger partial charge in [0.2, 0.25) is 0 Å². The second-order valence-corrected chi connectivity index (χ2v) is 19.3. The third-order valence-electron chi connectivity index (χ3n) is 13.8. The fourth-order valence-corrected chi connectivity index (χ4v) is 9.59. The van der Waals surface area contributed by atoms with Crippen LogP contribution in [-0.4, -0.2) is 13.2 Å². The zero-order valence-electron chi connectivity index (χ0n) is 41.5. The largest absolute Gasteiger partial charge is 0.494 e. The Morgan fingerprint density at radius 1 is 0.369 bits per heavy atom. The number of ether oxygens (including phenoxy) is 2. The molecule has 2 aliphatic rings. The van der Waals surface area contributed by atoms with Gasteiger partial charge in [-0.3, -0.25) is 0 Å². The monoisotopic (exact) mass is 875 g/mol. The molecule has 6 rings (SSSR count). The Balaban J connectivity index is 0.000000244. The summed E-state index contributed by atoms with van der Waals surface area (Å²) in [5, 5.41) is 0. The molecule has 350 valence electrons. The van der Waals surface area contributed by atoms with E-state index in [1.54, 1.807) is 0 Å². The molecule has 0 unspecified atom stereocenters. The number of unbranched alkanes of at least 4 members (excludes halogenated alkanes) is 11. The molecule has 0 radical (unpaired) electrons. The molecule has 0 bridgehead atoms. The van der Waals surface area contributed by atoms with Gasteiger partial charge in [-0.15, -0.1) is 0 Å². The van der Waals surface area contributed by atoms with E-state index in [-0.39, 0.29) is 0 Å². The van der Waals surface area contributed by atoms with E-state index < -0.39 is 0 Å². The molecule has 4 aromatic carbocycles. The lowest BCUT2D eigenvalue weighted by Crippen LogP contribution is -2.12. The van der Waals surface area contributed by atoms with Gasteiger partial charge in [0.1, 0.15) is 11.5 Å². The Labute approximate surface area is 398 Å². The molecule has 0 heterocycles. The average Bonchev–Trinajstić information content (AvgIpc) is 3.35. The van der Waals surface area contributed by atoms with Gasteiger partial charge in [0.05, 0.1) is 13.2 Å². The maximum atomic E-state index is 5.97. The van der Waals surface area contributed by atoms with Crippen LogP contribution in [0, 0.1) is 35.5 Å². The van der Waals surface area contributed by atoms with Gasteiger partial charge in [-0.05, 0) is 160 Å². The highest BCUT2D eigenvalue weighted by atomic mass is 16.5. The van der Waals surface area contributed by atoms with E-state index >= 15 is 0 Å². The molecule has 0 aliphatic heterocycles. The Morgan fingerprint density at radius 2 is 0.708 bits per heavy atom. The maximum Gasteiger partial charge on any atom is 0.119 e. The fourth-order valence-electron chi connectivity index (χ4n) is 9.59. The van der Waals surface area contributed by atoms with Gasteiger partial charge in [-0.25, -0.2) is 0 Å². The first kappa shape index (κ1) is 51.6. The van der Waals surface area contributed by atoms with Crippen molar-refractivity contribution >= 4 is 0 Å². The smallest absolute Gasteiger partial charge is 0.119 e. The zero-order chi connectivity index (χ0) is 45.6. The third kappa shape index (κ3) is 20.3. The quantitative estimate of drug-likeness (QED) is 0.0546. The summed E-state index contributed by atoms with van der Waals surface area (Å²) in [4.78, 5) is 0. The third-order valence-corrected chi connectivity index (χ3v) is 13.8. The average molecular weight is 875 g/mol. The molecular formula is C63H86O2. The minimum Gasteiger partial charge on any atom is -0.494 e. The first-order valence-electron chi connectivity index (χ1n) is 26.7. The SMILES string of the molecule is CCCCCCCCCOc1ccc(C2CCC(C#Cc3ccc(CCC)cc3)CC2)cc1.CCCCCCCCOc1ccc(C2CCC(C#Cc3ccc(CCC)cc3)CC2)cc1. The van der Waals surface area contributed by atoms with Crippen LogP contribution >= 0.6 is 0 Å². The molecule has 0 spiro atoms. The van der Waals surface area contributed by atoms with Gasteiger partial charge < -0.3 is 9.47 Å². The first-order chi connectivity index (χ1) is 32.1. The molecule has 2 saturated carbocycles. The topological polar surface area (TPSA) is 18.5 Å². The summed E-state index contributed by atoms with van der Waals surface area (Å²) in [5.41, 5.74) is 8.08. The van der Waals surface area contributed by atoms with Gasteiger partial charge in [0.25, 0.3) is 0 Å². The zero-order valence-corrected chi connectivity index (χ0v) is 41.5. The molecule has 2 fully saturated rings. The summed E-state index contributed by atoms with van der Waals surface area (Å²) in [6.45, 7) is 10.7. The molecule has 2 heteroatoms. The number of rotatable bonds is 23. The van der Waals surface area contributed by atoms with E-state index in [0.717, 1.165) is 48.7 Å². The van der Waals surface area contributed by atoms with E-state index in [9.17, 15) is 0 Å². The van der Waals surface area contributed by atoms with E-state index in [1.165, 1.54) is 170 Å². The van der Waals surface area contributed by atoms with Crippen LogP contribution in [0.25, 0.3) is 0 Å². The van der Waals surface area contributed by atoms with Gasteiger partial charge >= 0.3 is 0 Å². The van der Waals surface area contributed by atoms with Crippen molar-refractivity contribution in [2.75, 3.05) is 13.2 Å². The van der Waals surface area contributed by atoms with Crippen LogP contribution in [-0.2, 0) is 12.8 Å².